The Hall–Kier alpha value is -1.03. The Labute approximate surface area is 111 Å². The Morgan fingerprint density at radius 1 is 1.41 bits per heavy atom. The molecule has 0 spiro atoms. The summed E-state index contributed by atoms with van der Waals surface area (Å²) in [5, 5.41) is 2.84. The topological polar surface area (TPSA) is 38.3 Å². The number of alkyl halides is 1. The second-order valence-electron chi connectivity index (χ2n) is 4.19. The van der Waals surface area contributed by atoms with Crippen molar-refractivity contribution in [2.24, 2.45) is 0 Å². The van der Waals surface area contributed by atoms with Crippen molar-refractivity contribution < 1.29 is 9.53 Å². The summed E-state index contributed by atoms with van der Waals surface area (Å²) in [5.41, 5.74) is 0.622. The van der Waals surface area contributed by atoms with E-state index in [0.717, 1.165) is 5.75 Å². The molecule has 1 aromatic rings. The first-order chi connectivity index (χ1) is 7.99. The second kappa shape index (κ2) is 6.64. The predicted octanol–water partition coefficient (Wildman–Crippen LogP) is 2.99. The maximum atomic E-state index is 11.8. The molecule has 4 heteroatoms. The fourth-order valence-electron chi connectivity index (χ4n) is 1.32. The van der Waals surface area contributed by atoms with E-state index in [2.05, 4.69) is 21.2 Å². The van der Waals surface area contributed by atoms with Crippen LogP contribution in [-0.4, -0.2) is 23.4 Å². The quantitative estimate of drug-likeness (QED) is 0.849. The lowest BCUT2D eigenvalue weighted by Crippen LogP contribution is -2.28. The van der Waals surface area contributed by atoms with Gasteiger partial charge in [-0.1, -0.05) is 28.9 Å². The van der Waals surface area contributed by atoms with E-state index in [0.29, 0.717) is 12.1 Å². The highest BCUT2D eigenvalue weighted by Gasteiger charge is 2.07. The lowest BCUT2D eigenvalue weighted by molar-refractivity contribution is 0.0953. The van der Waals surface area contributed by atoms with Gasteiger partial charge < -0.3 is 10.1 Å². The van der Waals surface area contributed by atoms with Crippen LogP contribution in [0.25, 0.3) is 0 Å². The zero-order chi connectivity index (χ0) is 12.8. The first-order valence-electron chi connectivity index (χ1n) is 5.68. The van der Waals surface area contributed by atoms with E-state index in [1.54, 1.807) is 12.1 Å². The van der Waals surface area contributed by atoms with Gasteiger partial charge in [-0.15, -0.1) is 0 Å². The van der Waals surface area contributed by atoms with Crippen LogP contribution in [0, 0.1) is 0 Å². The van der Waals surface area contributed by atoms with Crippen molar-refractivity contribution in [1.29, 1.82) is 0 Å². The molecule has 1 N–H and O–H groups in total. The number of carbonyl (C=O) groups excluding carboxylic acids is 1. The van der Waals surface area contributed by atoms with Crippen molar-refractivity contribution in [3.63, 3.8) is 0 Å². The van der Waals surface area contributed by atoms with E-state index in [9.17, 15) is 4.79 Å². The molecule has 0 bridgehead atoms. The van der Waals surface area contributed by atoms with Crippen molar-refractivity contribution in [3.05, 3.63) is 29.8 Å². The van der Waals surface area contributed by atoms with Gasteiger partial charge in [-0.25, -0.2) is 0 Å². The van der Waals surface area contributed by atoms with Crippen LogP contribution in [0.4, 0.5) is 0 Å². The third-order valence-corrected chi connectivity index (χ3v) is 2.34. The SMILES string of the molecule is CC(Br)CNC(=O)c1cccc(OC(C)C)c1. The molecule has 3 nitrogen and oxygen atoms in total. The van der Waals surface area contributed by atoms with Gasteiger partial charge in [-0.3, -0.25) is 4.79 Å². The summed E-state index contributed by atoms with van der Waals surface area (Å²) in [5.74, 6) is 0.644. The molecule has 0 aromatic heterocycles. The van der Waals surface area contributed by atoms with Crippen LogP contribution in [0.2, 0.25) is 0 Å². The number of hydrogen-bond donors (Lipinski definition) is 1. The van der Waals surface area contributed by atoms with Gasteiger partial charge in [0.25, 0.3) is 5.91 Å². The third-order valence-electron chi connectivity index (χ3n) is 2.01. The standard InChI is InChI=1S/C13H18BrNO2/c1-9(2)17-12-6-4-5-11(7-12)13(16)15-8-10(3)14/h4-7,9-10H,8H2,1-3H3,(H,15,16). The smallest absolute Gasteiger partial charge is 0.251 e. The Morgan fingerprint density at radius 3 is 2.71 bits per heavy atom. The highest BCUT2D eigenvalue weighted by Crippen LogP contribution is 2.14. The highest BCUT2D eigenvalue weighted by atomic mass is 79.9. The van der Waals surface area contributed by atoms with E-state index in [-0.39, 0.29) is 16.8 Å². The lowest BCUT2D eigenvalue weighted by atomic mass is 10.2. The van der Waals surface area contributed by atoms with Crippen LogP contribution in [0.5, 0.6) is 5.75 Å². The molecule has 0 saturated carbocycles. The van der Waals surface area contributed by atoms with Gasteiger partial charge in [0.1, 0.15) is 5.75 Å². The van der Waals surface area contributed by atoms with Gasteiger partial charge in [-0.2, -0.15) is 0 Å². The summed E-state index contributed by atoms with van der Waals surface area (Å²) < 4.78 is 5.54. The number of nitrogens with one attached hydrogen (secondary N) is 1. The van der Waals surface area contributed by atoms with Gasteiger partial charge in [0.2, 0.25) is 0 Å². The molecule has 0 aliphatic carbocycles. The molecular formula is C13H18BrNO2. The van der Waals surface area contributed by atoms with E-state index >= 15 is 0 Å². The van der Waals surface area contributed by atoms with Crippen LogP contribution < -0.4 is 10.1 Å². The summed E-state index contributed by atoms with van der Waals surface area (Å²) in [7, 11) is 0. The molecule has 0 heterocycles. The van der Waals surface area contributed by atoms with Crippen LogP contribution in [0.15, 0.2) is 24.3 Å². The molecule has 0 fully saturated rings. The largest absolute Gasteiger partial charge is 0.491 e. The molecule has 1 rings (SSSR count). The molecule has 1 unspecified atom stereocenters. The second-order valence-corrected chi connectivity index (χ2v) is 5.75. The number of carbonyl (C=O) groups is 1. The predicted molar refractivity (Wildman–Crippen MR) is 72.9 cm³/mol. The van der Waals surface area contributed by atoms with Crippen LogP contribution in [0.3, 0.4) is 0 Å². The zero-order valence-corrected chi connectivity index (χ0v) is 12.0. The molecule has 0 saturated heterocycles. The van der Waals surface area contributed by atoms with E-state index in [1.165, 1.54) is 0 Å². The Kier molecular flexibility index (Phi) is 5.48. The normalized spacial score (nSPS) is 12.3. The van der Waals surface area contributed by atoms with Crippen molar-refractivity contribution in [1.82, 2.24) is 5.32 Å². The van der Waals surface area contributed by atoms with Gasteiger partial charge in [0, 0.05) is 16.9 Å². The molecule has 1 atom stereocenters. The number of amides is 1. The number of halogens is 1. The minimum absolute atomic E-state index is 0.0782. The van der Waals surface area contributed by atoms with Crippen LogP contribution in [0.1, 0.15) is 31.1 Å². The molecular weight excluding hydrogens is 282 g/mol. The van der Waals surface area contributed by atoms with E-state index in [4.69, 9.17) is 4.74 Å². The molecule has 0 radical (unpaired) electrons. The summed E-state index contributed by atoms with van der Waals surface area (Å²) in [6, 6.07) is 7.21. The average Bonchev–Trinajstić information content (AvgIpc) is 2.25. The monoisotopic (exact) mass is 299 g/mol. The zero-order valence-electron chi connectivity index (χ0n) is 10.4. The van der Waals surface area contributed by atoms with Crippen LogP contribution in [-0.2, 0) is 0 Å². The third kappa shape index (κ3) is 5.22. The molecule has 17 heavy (non-hydrogen) atoms. The van der Waals surface area contributed by atoms with Gasteiger partial charge in [0.15, 0.2) is 0 Å². The maximum absolute atomic E-state index is 11.8. The van der Waals surface area contributed by atoms with Crippen molar-refractivity contribution in [3.8, 4) is 5.75 Å². The van der Waals surface area contributed by atoms with Gasteiger partial charge in [0.05, 0.1) is 6.10 Å². The van der Waals surface area contributed by atoms with Crippen LogP contribution >= 0.6 is 15.9 Å². The molecule has 1 amide bonds. The van der Waals surface area contributed by atoms with Crippen molar-refractivity contribution in [2.45, 2.75) is 31.7 Å². The summed E-state index contributed by atoms with van der Waals surface area (Å²) in [4.78, 5) is 12.1. The van der Waals surface area contributed by atoms with E-state index < -0.39 is 0 Å². The van der Waals surface area contributed by atoms with Gasteiger partial charge in [-0.05, 0) is 32.0 Å². The fraction of sp³-hybridized carbons (Fsp3) is 0.462. The summed E-state index contributed by atoms with van der Waals surface area (Å²) in [6.07, 6.45) is 0.107. The first kappa shape index (κ1) is 14.0. The van der Waals surface area contributed by atoms with Crippen molar-refractivity contribution >= 4 is 21.8 Å². The summed E-state index contributed by atoms with van der Waals surface area (Å²) >= 11 is 3.38. The van der Waals surface area contributed by atoms with E-state index in [1.807, 2.05) is 32.9 Å². The highest BCUT2D eigenvalue weighted by molar-refractivity contribution is 9.09. The molecule has 94 valence electrons. The molecule has 0 aliphatic rings. The first-order valence-corrected chi connectivity index (χ1v) is 6.59. The Balaban J connectivity index is 2.67. The summed E-state index contributed by atoms with van der Waals surface area (Å²) in [6.45, 7) is 6.51. The Morgan fingerprint density at radius 2 is 2.12 bits per heavy atom. The molecule has 0 aliphatic heterocycles. The number of rotatable bonds is 5. The minimum atomic E-state index is -0.0782. The number of ether oxygens (including phenoxy) is 1. The van der Waals surface area contributed by atoms with Gasteiger partial charge >= 0.3 is 0 Å². The number of benzene rings is 1. The molecule has 1 aromatic carbocycles. The fourth-order valence-corrected chi connectivity index (χ4v) is 1.48. The maximum Gasteiger partial charge on any atom is 0.251 e. The number of hydrogen-bond acceptors (Lipinski definition) is 2. The average molecular weight is 300 g/mol. The lowest BCUT2D eigenvalue weighted by Gasteiger charge is -2.11. The minimum Gasteiger partial charge on any atom is -0.491 e. The Bertz CT molecular complexity index is 377. The van der Waals surface area contributed by atoms with Crippen molar-refractivity contribution in [2.75, 3.05) is 6.54 Å².